The van der Waals surface area contributed by atoms with E-state index in [4.69, 9.17) is 0 Å². The van der Waals surface area contributed by atoms with E-state index in [-0.39, 0.29) is 17.9 Å². The largest absolute Gasteiger partial charge is 0.327 e. The van der Waals surface area contributed by atoms with Crippen molar-refractivity contribution in [2.75, 3.05) is 0 Å². The van der Waals surface area contributed by atoms with Crippen LogP contribution in [0.3, 0.4) is 0 Å². The Balaban J connectivity index is 1.86. The number of carbonyl (C=O) groups excluding carboxylic acids is 1. The van der Waals surface area contributed by atoms with Crippen LogP contribution in [-0.4, -0.2) is 6.03 Å². The van der Waals surface area contributed by atoms with Gasteiger partial charge in [0.15, 0.2) is 0 Å². The van der Waals surface area contributed by atoms with Gasteiger partial charge in [0.25, 0.3) is 0 Å². The minimum Gasteiger partial charge on any atom is -0.327 e. The van der Waals surface area contributed by atoms with Crippen molar-refractivity contribution in [2.45, 2.75) is 18.9 Å². The molecular weight excluding hydrogens is 279 g/mol. The normalized spacial score (nSPS) is 19.9. The van der Waals surface area contributed by atoms with Gasteiger partial charge >= 0.3 is 6.03 Å². The maximum Gasteiger partial charge on any atom is 0.319 e. The molecule has 110 valence electrons. The number of hydrogen-bond donors (Lipinski definition) is 2. The van der Waals surface area contributed by atoms with Gasteiger partial charge in [-0.2, -0.15) is 0 Å². The summed E-state index contributed by atoms with van der Waals surface area (Å²) in [6.45, 7) is 0. The molecule has 0 aromatic heterocycles. The second-order valence-corrected chi connectivity index (χ2v) is 5.64. The molecule has 1 unspecified atom stereocenters. The van der Waals surface area contributed by atoms with E-state index in [9.17, 15) is 9.18 Å². The molecule has 0 radical (unpaired) electrons. The van der Waals surface area contributed by atoms with E-state index in [1.165, 1.54) is 17.7 Å². The number of benzene rings is 2. The molecule has 2 N–H and O–H groups in total. The van der Waals surface area contributed by atoms with Crippen molar-refractivity contribution in [3.8, 4) is 0 Å². The molecule has 2 aromatic rings. The summed E-state index contributed by atoms with van der Waals surface area (Å²) >= 11 is 0. The average molecular weight is 294 g/mol. The van der Waals surface area contributed by atoms with Crippen LogP contribution in [0.4, 0.5) is 9.18 Å². The standard InChI is InChI=1S/C18H15FN2O/c19-13-6-3-5-12(10-13)16-15-9-8-11-4-1-2-7-14(11)17(15)21-18(22)20-16/h1-7,10,16H,8-9H2,(H2,20,21,22). The molecule has 0 spiro atoms. The molecule has 1 heterocycles. The average Bonchev–Trinajstić information content (AvgIpc) is 2.54. The minimum absolute atomic E-state index is 0.246. The molecule has 2 aromatic carbocycles. The highest BCUT2D eigenvalue weighted by atomic mass is 19.1. The molecular formula is C18H15FN2O. The second kappa shape index (κ2) is 4.98. The summed E-state index contributed by atoms with van der Waals surface area (Å²) in [7, 11) is 0. The number of nitrogens with one attached hydrogen (secondary N) is 2. The van der Waals surface area contributed by atoms with Crippen molar-refractivity contribution in [3.05, 3.63) is 76.6 Å². The van der Waals surface area contributed by atoms with Crippen LogP contribution in [0.5, 0.6) is 0 Å². The van der Waals surface area contributed by atoms with Gasteiger partial charge in [-0.05, 0) is 41.7 Å². The van der Waals surface area contributed by atoms with Crippen LogP contribution in [0.1, 0.15) is 29.2 Å². The van der Waals surface area contributed by atoms with Crippen molar-refractivity contribution >= 4 is 11.7 Å². The number of halogens is 1. The lowest BCUT2D eigenvalue weighted by molar-refractivity contribution is 0.240. The van der Waals surface area contributed by atoms with Gasteiger partial charge in [0, 0.05) is 5.56 Å². The van der Waals surface area contributed by atoms with Crippen molar-refractivity contribution < 1.29 is 9.18 Å². The van der Waals surface area contributed by atoms with Gasteiger partial charge in [-0.1, -0.05) is 36.4 Å². The van der Waals surface area contributed by atoms with Gasteiger partial charge in [-0.15, -0.1) is 0 Å². The Morgan fingerprint density at radius 1 is 1.05 bits per heavy atom. The first-order chi connectivity index (χ1) is 10.7. The van der Waals surface area contributed by atoms with E-state index < -0.39 is 0 Å². The highest BCUT2D eigenvalue weighted by molar-refractivity contribution is 5.91. The molecule has 0 saturated heterocycles. The van der Waals surface area contributed by atoms with Crippen LogP contribution in [0.15, 0.2) is 54.1 Å². The summed E-state index contributed by atoms with van der Waals surface area (Å²) in [5.41, 5.74) is 5.08. The highest BCUT2D eigenvalue weighted by Crippen LogP contribution is 2.38. The zero-order chi connectivity index (χ0) is 15.1. The number of urea groups is 1. The number of amides is 2. The predicted molar refractivity (Wildman–Crippen MR) is 82.5 cm³/mol. The third kappa shape index (κ3) is 2.08. The molecule has 0 saturated carbocycles. The number of aryl methyl sites for hydroxylation is 1. The van der Waals surface area contributed by atoms with Gasteiger partial charge in [-0.3, -0.25) is 0 Å². The van der Waals surface area contributed by atoms with E-state index in [1.54, 1.807) is 6.07 Å². The van der Waals surface area contributed by atoms with Crippen molar-refractivity contribution in [3.63, 3.8) is 0 Å². The van der Waals surface area contributed by atoms with Crippen LogP contribution in [-0.2, 0) is 6.42 Å². The molecule has 1 atom stereocenters. The van der Waals surface area contributed by atoms with Gasteiger partial charge in [0.1, 0.15) is 5.82 Å². The molecule has 0 fully saturated rings. The van der Waals surface area contributed by atoms with Crippen LogP contribution < -0.4 is 10.6 Å². The summed E-state index contributed by atoms with van der Waals surface area (Å²) in [4.78, 5) is 12.0. The molecule has 3 nitrogen and oxygen atoms in total. The van der Waals surface area contributed by atoms with E-state index in [1.807, 2.05) is 24.3 Å². The molecule has 22 heavy (non-hydrogen) atoms. The summed E-state index contributed by atoms with van der Waals surface area (Å²) in [6.07, 6.45) is 1.78. The predicted octanol–water partition coefficient (Wildman–Crippen LogP) is 3.54. The molecule has 2 aliphatic rings. The number of carbonyl (C=O) groups is 1. The molecule has 0 bridgehead atoms. The van der Waals surface area contributed by atoms with Crippen molar-refractivity contribution in [2.24, 2.45) is 0 Å². The number of rotatable bonds is 1. The van der Waals surface area contributed by atoms with E-state index in [0.717, 1.165) is 35.2 Å². The monoisotopic (exact) mass is 294 g/mol. The van der Waals surface area contributed by atoms with Crippen LogP contribution >= 0.6 is 0 Å². The first kappa shape index (κ1) is 13.1. The fourth-order valence-electron chi connectivity index (χ4n) is 3.32. The van der Waals surface area contributed by atoms with Gasteiger partial charge < -0.3 is 10.6 Å². The molecule has 1 aliphatic heterocycles. The van der Waals surface area contributed by atoms with Crippen LogP contribution in [0, 0.1) is 5.82 Å². The maximum absolute atomic E-state index is 13.5. The van der Waals surface area contributed by atoms with Crippen molar-refractivity contribution in [1.82, 2.24) is 10.6 Å². The first-order valence-corrected chi connectivity index (χ1v) is 7.36. The Morgan fingerprint density at radius 3 is 2.77 bits per heavy atom. The smallest absolute Gasteiger partial charge is 0.319 e. The molecule has 2 amide bonds. The topological polar surface area (TPSA) is 41.1 Å². The maximum atomic E-state index is 13.5. The van der Waals surface area contributed by atoms with E-state index in [0.29, 0.717) is 0 Å². The van der Waals surface area contributed by atoms with Gasteiger partial charge in [0.2, 0.25) is 0 Å². The van der Waals surface area contributed by atoms with Gasteiger partial charge in [0.05, 0.1) is 11.7 Å². The van der Waals surface area contributed by atoms with Gasteiger partial charge in [-0.25, -0.2) is 9.18 Å². The zero-order valence-electron chi connectivity index (χ0n) is 11.9. The Labute approximate surface area is 127 Å². The third-order valence-corrected chi connectivity index (χ3v) is 4.32. The zero-order valence-corrected chi connectivity index (χ0v) is 11.9. The fourth-order valence-corrected chi connectivity index (χ4v) is 3.32. The van der Waals surface area contributed by atoms with E-state index in [2.05, 4.69) is 16.7 Å². The Bertz CT molecular complexity index is 797. The third-order valence-electron chi connectivity index (χ3n) is 4.32. The second-order valence-electron chi connectivity index (χ2n) is 5.64. The number of fused-ring (bicyclic) bond motifs is 2. The lowest BCUT2D eigenvalue weighted by atomic mass is 9.83. The summed E-state index contributed by atoms with van der Waals surface area (Å²) in [6, 6.07) is 14.0. The number of hydrogen-bond acceptors (Lipinski definition) is 1. The molecule has 4 heteroatoms. The van der Waals surface area contributed by atoms with Crippen LogP contribution in [0.25, 0.3) is 5.70 Å². The summed E-state index contributed by atoms with van der Waals surface area (Å²) < 4.78 is 13.5. The summed E-state index contributed by atoms with van der Waals surface area (Å²) in [5, 5.41) is 5.84. The summed E-state index contributed by atoms with van der Waals surface area (Å²) in [5.74, 6) is -0.288. The lowest BCUT2D eigenvalue weighted by Crippen LogP contribution is -2.44. The highest BCUT2D eigenvalue weighted by Gasteiger charge is 2.31. The van der Waals surface area contributed by atoms with E-state index >= 15 is 0 Å². The lowest BCUT2D eigenvalue weighted by Gasteiger charge is -2.34. The SMILES string of the molecule is O=C1NC2=C(CCc3ccccc32)C(c2cccc(F)c2)N1. The van der Waals surface area contributed by atoms with Crippen LogP contribution in [0.2, 0.25) is 0 Å². The Hall–Kier alpha value is -2.62. The van der Waals surface area contributed by atoms with Crippen molar-refractivity contribution in [1.29, 1.82) is 0 Å². The fraction of sp³-hybridized carbons (Fsp3) is 0.167. The molecule has 4 rings (SSSR count). The first-order valence-electron chi connectivity index (χ1n) is 7.36. The molecule has 1 aliphatic carbocycles. The minimum atomic E-state index is -0.288. The Kier molecular flexibility index (Phi) is 2.96. The Morgan fingerprint density at radius 2 is 1.91 bits per heavy atom. The quantitative estimate of drug-likeness (QED) is 0.830.